The lowest BCUT2D eigenvalue weighted by Crippen LogP contribution is -2.42. The van der Waals surface area contributed by atoms with E-state index in [1.54, 1.807) is 30.2 Å². The van der Waals surface area contributed by atoms with E-state index in [2.05, 4.69) is 6.07 Å². The van der Waals surface area contributed by atoms with Gasteiger partial charge in [0.2, 0.25) is 10.0 Å². The summed E-state index contributed by atoms with van der Waals surface area (Å²) in [4.78, 5) is 15.2. The maximum Gasteiger partial charge on any atom is 0.238 e. The fraction of sp³-hybridized carbons (Fsp3) is 0.280. The van der Waals surface area contributed by atoms with Gasteiger partial charge in [-0.2, -0.15) is 5.26 Å². The van der Waals surface area contributed by atoms with E-state index in [0.29, 0.717) is 41.1 Å². The third-order valence-corrected chi connectivity index (χ3v) is 7.18. The minimum atomic E-state index is -3.88. The number of hydrogen-bond donors (Lipinski definition) is 2. The molecule has 4 N–H and O–H groups in total. The predicted molar refractivity (Wildman–Crippen MR) is 128 cm³/mol. The average Bonchev–Trinajstić information content (AvgIpc) is 2.77. The monoisotopic (exact) mass is 478 g/mol. The Bertz CT molecular complexity index is 1380. The van der Waals surface area contributed by atoms with Gasteiger partial charge in [-0.3, -0.25) is 9.69 Å². The number of hydrogen-bond acceptors (Lipinski definition) is 7. The number of nitriles is 1. The molecule has 0 spiro atoms. The first-order valence-electron chi connectivity index (χ1n) is 10.7. The zero-order valence-corrected chi connectivity index (χ0v) is 20.0. The molecular weight excluding hydrogens is 452 g/mol. The van der Waals surface area contributed by atoms with Crippen molar-refractivity contribution in [3.05, 3.63) is 76.8 Å². The number of benzene rings is 2. The molecule has 0 aromatic heterocycles. The first kappa shape index (κ1) is 23.5. The van der Waals surface area contributed by atoms with E-state index in [0.717, 1.165) is 0 Å². The number of carbonyl (C=O) groups is 1. The van der Waals surface area contributed by atoms with Crippen LogP contribution in [-0.2, 0) is 14.8 Å². The van der Waals surface area contributed by atoms with Gasteiger partial charge in [0.25, 0.3) is 0 Å². The molecule has 2 aromatic carbocycles. The summed E-state index contributed by atoms with van der Waals surface area (Å²) in [5.41, 5.74) is 8.93. The van der Waals surface area contributed by atoms with Crippen LogP contribution in [0.25, 0.3) is 0 Å². The Morgan fingerprint density at radius 3 is 2.35 bits per heavy atom. The number of carbonyl (C=O) groups excluding carboxylic acids is 1. The highest BCUT2D eigenvalue weighted by atomic mass is 32.2. The molecule has 1 atom stereocenters. The average molecular weight is 479 g/mol. The number of ether oxygens (including phenoxy) is 1. The van der Waals surface area contributed by atoms with Gasteiger partial charge in [-0.05, 0) is 42.2 Å². The molecule has 9 heteroatoms. The molecule has 0 fully saturated rings. The summed E-state index contributed by atoms with van der Waals surface area (Å²) < 4.78 is 29.0. The predicted octanol–water partition coefficient (Wildman–Crippen LogP) is 3.28. The lowest BCUT2D eigenvalue weighted by molar-refractivity contribution is -0.118. The van der Waals surface area contributed by atoms with E-state index >= 15 is 0 Å². The number of nitrogens with two attached hydrogens (primary N) is 2. The van der Waals surface area contributed by atoms with Crippen LogP contribution >= 0.6 is 0 Å². The zero-order valence-electron chi connectivity index (χ0n) is 19.2. The van der Waals surface area contributed by atoms with Gasteiger partial charge in [-0.1, -0.05) is 32.0 Å². The third kappa shape index (κ3) is 3.95. The minimum Gasteiger partial charge on any atom is -0.496 e. The second kappa shape index (κ2) is 8.31. The molecule has 1 aliphatic heterocycles. The Morgan fingerprint density at radius 1 is 1.12 bits per heavy atom. The van der Waals surface area contributed by atoms with Crippen molar-refractivity contribution in [3.63, 3.8) is 0 Å². The third-order valence-electron chi connectivity index (χ3n) is 6.25. The molecule has 0 bridgehead atoms. The number of Topliss-reactive ketones (excluding diaryl/α,β-unsaturated/α-hetero) is 1. The summed E-state index contributed by atoms with van der Waals surface area (Å²) >= 11 is 0. The zero-order chi connectivity index (χ0) is 24.8. The fourth-order valence-corrected chi connectivity index (χ4v) is 5.32. The van der Waals surface area contributed by atoms with Crippen molar-refractivity contribution in [2.75, 3.05) is 12.0 Å². The molecule has 1 heterocycles. The van der Waals surface area contributed by atoms with Crippen LogP contribution in [0.1, 0.15) is 38.2 Å². The van der Waals surface area contributed by atoms with Crippen molar-refractivity contribution in [1.29, 1.82) is 5.26 Å². The van der Waals surface area contributed by atoms with Crippen molar-refractivity contribution in [2.45, 2.75) is 37.5 Å². The minimum absolute atomic E-state index is 0.0440. The summed E-state index contributed by atoms with van der Waals surface area (Å²) in [6, 6.07) is 15.4. The number of primary sulfonamides is 1. The van der Waals surface area contributed by atoms with Crippen molar-refractivity contribution >= 4 is 21.5 Å². The van der Waals surface area contributed by atoms with Crippen molar-refractivity contribution in [2.24, 2.45) is 16.3 Å². The van der Waals surface area contributed by atoms with Crippen LogP contribution in [0.15, 0.2) is 76.1 Å². The van der Waals surface area contributed by atoms with E-state index in [9.17, 15) is 18.5 Å². The first-order chi connectivity index (χ1) is 16.0. The molecule has 176 valence electrons. The fourth-order valence-electron chi connectivity index (χ4n) is 4.80. The standard InChI is InChI=1S/C25H26N4O4S/c1-25(2)12-19-23(20(30)13-25)22(17-6-4-5-7-21(17)33-3)18(14-26)24(27)29(19)15-8-10-16(11-9-15)34(28,31)32/h4-11,22H,12-13,27H2,1-3H3,(H2,28,31,32). The highest BCUT2D eigenvalue weighted by Crippen LogP contribution is 2.51. The van der Waals surface area contributed by atoms with Crippen molar-refractivity contribution in [3.8, 4) is 11.8 Å². The molecule has 0 saturated carbocycles. The quantitative estimate of drug-likeness (QED) is 0.687. The number of anilines is 1. The number of para-hydroxylation sites is 1. The van der Waals surface area contributed by atoms with Crippen LogP contribution in [0.2, 0.25) is 0 Å². The van der Waals surface area contributed by atoms with Gasteiger partial charge in [0, 0.05) is 28.9 Å². The van der Waals surface area contributed by atoms with Crippen LogP contribution in [0.3, 0.4) is 0 Å². The van der Waals surface area contributed by atoms with Gasteiger partial charge in [-0.15, -0.1) is 0 Å². The largest absolute Gasteiger partial charge is 0.496 e. The number of nitrogens with zero attached hydrogens (tertiary/aromatic N) is 2. The van der Waals surface area contributed by atoms with E-state index in [-0.39, 0.29) is 27.5 Å². The maximum absolute atomic E-state index is 13.6. The van der Waals surface area contributed by atoms with Crippen molar-refractivity contribution < 1.29 is 17.9 Å². The molecule has 2 aliphatic rings. The van der Waals surface area contributed by atoms with E-state index in [1.165, 1.54) is 12.1 Å². The molecular formula is C25H26N4O4S. The van der Waals surface area contributed by atoms with Gasteiger partial charge in [0.05, 0.1) is 29.6 Å². The van der Waals surface area contributed by atoms with Gasteiger partial charge in [-0.25, -0.2) is 13.6 Å². The maximum atomic E-state index is 13.6. The lowest BCUT2D eigenvalue weighted by Gasteiger charge is -2.44. The molecule has 8 nitrogen and oxygen atoms in total. The smallest absolute Gasteiger partial charge is 0.238 e. The van der Waals surface area contributed by atoms with Gasteiger partial charge in [0.15, 0.2) is 5.78 Å². The van der Waals surface area contributed by atoms with E-state index < -0.39 is 15.9 Å². The van der Waals surface area contributed by atoms with Crippen molar-refractivity contribution in [1.82, 2.24) is 0 Å². The summed E-state index contributed by atoms with van der Waals surface area (Å²) in [6.45, 7) is 4.02. The molecule has 34 heavy (non-hydrogen) atoms. The van der Waals surface area contributed by atoms with Gasteiger partial charge >= 0.3 is 0 Å². The Hall–Kier alpha value is -3.61. The molecule has 2 aromatic rings. The number of methoxy groups -OCH3 is 1. The molecule has 0 amide bonds. The van der Waals surface area contributed by atoms with Crippen LogP contribution in [0, 0.1) is 16.7 Å². The summed E-state index contributed by atoms with van der Waals surface area (Å²) in [6.07, 6.45) is 0.865. The Morgan fingerprint density at radius 2 is 1.76 bits per heavy atom. The van der Waals surface area contributed by atoms with Crippen LogP contribution in [0.4, 0.5) is 5.69 Å². The molecule has 4 rings (SSSR count). The lowest BCUT2D eigenvalue weighted by atomic mass is 9.68. The van der Waals surface area contributed by atoms with Gasteiger partial charge < -0.3 is 10.5 Å². The molecule has 1 unspecified atom stereocenters. The number of rotatable bonds is 4. The summed E-state index contributed by atoms with van der Waals surface area (Å²) in [5.74, 6) is 0.0164. The first-order valence-corrected chi connectivity index (χ1v) is 12.2. The molecule has 0 radical (unpaired) electrons. The van der Waals surface area contributed by atoms with Crippen LogP contribution in [0.5, 0.6) is 5.75 Å². The Labute approximate surface area is 199 Å². The Balaban J connectivity index is 1.99. The van der Waals surface area contributed by atoms with Crippen LogP contribution < -0.4 is 20.5 Å². The highest BCUT2D eigenvalue weighted by molar-refractivity contribution is 7.89. The summed E-state index contributed by atoms with van der Waals surface area (Å²) in [5, 5.41) is 15.4. The van der Waals surface area contributed by atoms with E-state index in [4.69, 9.17) is 15.6 Å². The normalized spacial score (nSPS) is 20.1. The Kier molecular flexibility index (Phi) is 5.75. The second-order valence-electron chi connectivity index (χ2n) is 9.26. The molecule has 0 saturated heterocycles. The topological polar surface area (TPSA) is 140 Å². The SMILES string of the molecule is COc1ccccc1C1C(C#N)=C(N)N(c2ccc(S(N)(=O)=O)cc2)C2=C1C(=O)CC(C)(C)C2. The summed E-state index contributed by atoms with van der Waals surface area (Å²) in [7, 11) is -2.33. The highest BCUT2D eigenvalue weighted by Gasteiger charge is 2.45. The van der Waals surface area contributed by atoms with E-state index in [1.807, 2.05) is 32.0 Å². The van der Waals surface area contributed by atoms with Gasteiger partial charge in [0.1, 0.15) is 11.6 Å². The van der Waals surface area contributed by atoms with Crippen LogP contribution in [-0.4, -0.2) is 21.3 Å². The molecule has 1 aliphatic carbocycles. The number of sulfonamides is 1. The number of allylic oxidation sites excluding steroid dienone is 3. The number of ketones is 1. The second-order valence-corrected chi connectivity index (χ2v) is 10.8.